The van der Waals surface area contributed by atoms with Crippen LogP contribution in [-0.2, 0) is 13.6 Å². The van der Waals surface area contributed by atoms with Gasteiger partial charge in [-0.15, -0.1) is 0 Å². The molecule has 8 nitrogen and oxygen atoms in total. The van der Waals surface area contributed by atoms with Crippen molar-refractivity contribution in [2.45, 2.75) is 6.54 Å². The van der Waals surface area contributed by atoms with Crippen LogP contribution >= 0.6 is 15.9 Å². The molecule has 1 aromatic heterocycles. The Morgan fingerprint density at radius 2 is 1.96 bits per heavy atom. The average Bonchev–Trinajstić information content (AvgIpc) is 3.26. The minimum absolute atomic E-state index is 0.0194. The van der Waals surface area contributed by atoms with Gasteiger partial charge >= 0.3 is 0 Å². The molecular weight excluding hydrogens is 416 g/mol. The van der Waals surface area contributed by atoms with Gasteiger partial charge in [-0.3, -0.25) is 10.1 Å². The lowest BCUT2D eigenvalue weighted by Crippen LogP contribution is -2.07. The van der Waals surface area contributed by atoms with Crippen LogP contribution in [-0.4, -0.2) is 21.3 Å². The van der Waals surface area contributed by atoms with Crippen LogP contribution in [0.5, 0.6) is 11.5 Å². The lowest BCUT2D eigenvalue weighted by Gasteiger charge is -2.09. The summed E-state index contributed by atoms with van der Waals surface area (Å²) >= 11 is 3.42. The van der Waals surface area contributed by atoms with Gasteiger partial charge in [0.15, 0.2) is 11.5 Å². The first-order valence-corrected chi connectivity index (χ1v) is 8.90. The number of aromatic nitrogens is 2. The number of hydrogen-bond donors (Lipinski definition) is 1. The van der Waals surface area contributed by atoms with Crippen LogP contribution < -0.4 is 14.8 Å². The Morgan fingerprint density at radius 1 is 1.26 bits per heavy atom. The zero-order valence-electron chi connectivity index (χ0n) is 14.3. The van der Waals surface area contributed by atoms with Crippen molar-refractivity contribution in [3.8, 4) is 22.8 Å². The molecule has 0 saturated heterocycles. The molecule has 0 spiro atoms. The minimum Gasteiger partial charge on any atom is -0.454 e. The van der Waals surface area contributed by atoms with Gasteiger partial charge in [-0.1, -0.05) is 28.1 Å². The Labute approximate surface area is 163 Å². The number of nitro groups is 1. The third-order valence-corrected chi connectivity index (χ3v) is 4.86. The van der Waals surface area contributed by atoms with E-state index in [1.807, 2.05) is 35.9 Å². The summed E-state index contributed by atoms with van der Waals surface area (Å²) in [7, 11) is 1.89. The van der Waals surface area contributed by atoms with Gasteiger partial charge in [-0.25, -0.2) is 4.98 Å². The summed E-state index contributed by atoms with van der Waals surface area (Å²) in [5.41, 5.74) is 2.44. The zero-order chi connectivity index (χ0) is 19.0. The Balaban J connectivity index is 1.58. The Bertz CT molecular complexity index is 1020. The number of anilines is 1. The number of benzene rings is 2. The molecule has 0 radical (unpaired) electrons. The molecule has 138 valence electrons. The number of rotatable bonds is 5. The molecule has 9 heteroatoms. The van der Waals surface area contributed by atoms with Crippen molar-refractivity contribution in [2.24, 2.45) is 7.05 Å². The molecule has 0 fully saturated rings. The fourth-order valence-electron chi connectivity index (χ4n) is 2.92. The molecule has 0 unspecified atom stereocenters. The van der Waals surface area contributed by atoms with Gasteiger partial charge < -0.3 is 19.4 Å². The smallest absolute Gasteiger partial charge is 0.278 e. The molecule has 0 aliphatic carbocycles. The predicted molar refractivity (Wildman–Crippen MR) is 103 cm³/mol. The molecule has 0 bridgehead atoms. The minimum atomic E-state index is -0.426. The zero-order valence-corrected chi connectivity index (χ0v) is 15.9. The first kappa shape index (κ1) is 17.3. The van der Waals surface area contributed by atoms with E-state index in [-0.39, 0.29) is 19.0 Å². The third kappa shape index (κ3) is 3.33. The van der Waals surface area contributed by atoms with Crippen molar-refractivity contribution in [1.82, 2.24) is 9.55 Å². The Kier molecular flexibility index (Phi) is 4.44. The van der Waals surface area contributed by atoms with E-state index in [9.17, 15) is 10.1 Å². The van der Waals surface area contributed by atoms with Crippen LogP contribution in [0.15, 0.2) is 47.1 Å². The molecular formula is C18H15BrN4O4. The summed E-state index contributed by atoms with van der Waals surface area (Å²) in [4.78, 5) is 15.3. The van der Waals surface area contributed by atoms with Crippen LogP contribution in [0.1, 0.15) is 5.56 Å². The molecule has 0 atom stereocenters. The van der Waals surface area contributed by atoms with Crippen LogP contribution in [0.25, 0.3) is 11.3 Å². The van der Waals surface area contributed by atoms with E-state index in [0.29, 0.717) is 23.0 Å². The highest BCUT2D eigenvalue weighted by Crippen LogP contribution is 2.38. The number of imidazole rings is 1. The molecule has 27 heavy (non-hydrogen) atoms. The van der Waals surface area contributed by atoms with E-state index >= 15 is 0 Å². The van der Waals surface area contributed by atoms with Gasteiger partial charge in [0, 0.05) is 18.1 Å². The molecule has 1 N–H and O–H groups in total. The topological polar surface area (TPSA) is 91.5 Å². The predicted octanol–water partition coefficient (Wildman–Crippen LogP) is 4.10. The van der Waals surface area contributed by atoms with E-state index in [0.717, 1.165) is 15.7 Å². The van der Waals surface area contributed by atoms with Crippen LogP contribution in [0.3, 0.4) is 0 Å². The van der Waals surface area contributed by atoms with Gasteiger partial charge in [-0.05, 0) is 23.8 Å². The SMILES string of the molecule is Cn1c(-c2ccc(Br)cc2)cnc1NCc1cc2c(cc1[N+](=O)[O-])OCO2. The second-order valence-corrected chi connectivity index (χ2v) is 6.89. The molecule has 4 rings (SSSR count). The standard InChI is InChI=1S/C18H15BrN4O4/c1-22-15(11-2-4-13(19)5-3-11)9-21-18(22)20-8-12-6-16-17(27-10-26-16)7-14(12)23(24)25/h2-7,9H,8,10H2,1H3,(H,20,21). The van der Waals surface area contributed by atoms with Gasteiger partial charge in [-0.2, -0.15) is 0 Å². The number of ether oxygens (including phenoxy) is 2. The molecule has 0 saturated carbocycles. The number of nitro benzene ring substituents is 1. The van der Waals surface area contributed by atoms with Crippen molar-refractivity contribution >= 4 is 27.6 Å². The lowest BCUT2D eigenvalue weighted by molar-refractivity contribution is -0.385. The third-order valence-electron chi connectivity index (χ3n) is 4.34. The maximum Gasteiger partial charge on any atom is 0.278 e. The van der Waals surface area contributed by atoms with E-state index in [1.165, 1.54) is 6.07 Å². The molecule has 1 aliphatic rings. The molecule has 0 amide bonds. The number of hydrogen-bond acceptors (Lipinski definition) is 6. The van der Waals surface area contributed by atoms with E-state index in [2.05, 4.69) is 26.2 Å². The molecule has 2 heterocycles. The van der Waals surface area contributed by atoms with Crippen molar-refractivity contribution in [3.05, 3.63) is 62.7 Å². The van der Waals surface area contributed by atoms with E-state index in [1.54, 1.807) is 12.3 Å². The fourth-order valence-corrected chi connectivity index (χ4v) is 3.19. The maximum absolute atomic E-state index is 11.4. The van der Waals surface area contributed by atoms with Crippen molar-refractivity contribution < 1.29 is 14.4 Å². The summed E-state index contributed by atoms with van der Waals surface area (Å²) in [6, 6.07) is 10.9. The average molecular weight is 431 g/mol. The van der Waals surface area contributed by atoms with Gasteiger partial charge in [0.1, 0.15) is 0 Å². The highest BCUT2D eigenvalue weighted by Gasteiger charge is 2.23. The van der Waals surface area contributed by atoms with Crippen LogP contribution in [0, 0.1) is 10.1 Å². The summed E-state index contributed by atoms with van der Waals surface area (Å²) in [5, 5.41) is 14.5. The van der Waals surface area contributed by atoms with E-state index < -0.39 is 4.92 Å². The highest BCUT2D eigenvalue weighted by atomic mass is 79.9. The Hall–Kier alpha value is -3.07. The second kappa shape index (κ2) is 6.92. The van der Waals surface area contributed by atoms with Gasteiger partial charge in [0.05, 0.1) is 28.4 Å². The highest BCUT2D eigenvalue weighted by molar-refractivity contribution is 9.10. The quantitative estimate of drug-likeness (QED) is 0.483. The summed E-state index contributed by atoms with van der Waals surface area (Å²) < 4.78 is 13.5. The number of fused-ring (bicyclic) bond motifs is 1. The first-order chi connectivity index (χ1) is 13.0. The van der Waals surface area contributed by atoms with Crippen LogP contribution in [0.2, 0.25) is 0 Å². The largest absolute Gasteiger partial charge is 0.454 e. The summed E-state index contributed by atoms with van der Waals surface area (Å²) in [6.07, 6.45) is 1.76. The lowest BCUT2D eigenvalue weighted by atomic mass is 10.1. The van der Waals surface area contributed by atoms with Crippen molar-refractivity contribution in [2.75, 3.05) is 12.1 Å². The summed E-state index contributed by atoms with van der Waals surface area (Å²) in [5.74, 6) is 1.51. The molecule has 1 aliphatic heterocycles. The molecule has 2 aromatic carbocycles. The maximum atomic E-state index is 11.4. The first-order valence-electron chi connectivity index (χ1n) is 8.11. The monoisotopic (exact) mass is 430 g/mol. The van der Waals surface area contributed by atoms with Gasteiger partial charge in [0.2, 0.25) is 12.7 Å². The number of halogens is 1. The fraction of sp³-hybridized carbons (Fsp3) is 0.167. The summed E-state index contributed by atoms with van der Waals surface area (Å²) in [6.45, 7) is 0.302. The molecule has 3 aromatic rings. The van der Waals surface area contributed by atoms with Crippen molar-refractivity contribution in [3.63, 3.8) is 0 Å². The number of nitrogens with zero attached hydrogens (tertiary/aromatic N) is 3. The van der Waals surface area contributed by atoms with Crippen molar-refractivity contribution in [1.29, 1.82) is 0 Å². The normalized spacial score (nSPS) is 12.2. The van der Waals surface area contributed by atoms with E-state index in [4.69, 9.17) is 9.47 Å². The number of nitrogens with one attached hydrogen (secondary N) is 1. The van der Waals surface area contributed by atoms with Crippen LogP contribution in [0.4, 0.5) is 11.6 Å². The second-order valence-electron chi connectivity index (χ2n) is 5.98. The Morgan fingerprint density at radius 3 is 2.67 bits per heavy atom. The van der Waals surface area contributed by atoms with Gasteiger partial charge in [0.25, 0.3) is 5.69 Å².